The Bertz CT molecular complexity index is 958. The lowest BCUT2D eigenvalue weighted by molar-refractivity contribution is -0.167. The molecule has 59 heavy (non-hydrogen) atoms. The van der Waals surface area contributed by atoms with Crippen molar-refractivity contribution < 1.29 is 28.6 Å². The van der Waals surface area contributed by atoms with Crippen molar-refractivity contribution >= 4 is 17.9 Å². The second-order valence-electron chi connectivity index (χ2n) is 17.4. The van der Waals surface area contributed by atoms with E-state index in [-0.39, 0.29) is 31.1 Å². The standard InChI is InChI=1S/C53H98O6/c1-4-7-10-13-16-19-22-24-26-27-29-31-34-37-40-43-46-52(55)58-49-50(48-57-51(54)45-42-39-36-33-30-21-18-15-12-9-6-3)59-53(56)47-44-41-38-35-32-28-25-23-20-17-14-11-8-5-2/h15,18,23,25,50H,4-14,16-17,19-22,24,26-49H2,1-3H3/b18-15-,25-23-/t50-/m1/s1. The molecule has 0 spiro atoms. The number of ether oxygens (including phenoxy) is 3. The third-order valence-corrected chi connectivity index (χ3v) is 11.4. The van der Waals surface area contributed by atoms with Gasteiger partial charge in [-0.05, 0) is 64.2 Å². The van der Waals surface area contributed by atoms with Gasteiger partial charge in [-0.2, -0.15) is 0 Å². The van der Waals surface area contributed by atoms with Crippen molar-refractivity contribution in [2.75, 3.05) is 13.2 Å². The van der Waals surface area contributed by atoms with Gasteiger partial charge in [0.2, 0.25) is 0 Å². The number of rotatable bonds is 47. The zero-order valence-corrected chi connectivity index (χ0v) is 39.5. The Hall–Kier alpha value is -2.11. The zero-order chi connectivity index (χ0) is 43.0. The van der Waals surface area contributed by atoms with E-state index < -0.39 is 6.10 Å². The van der Waals surface area contributed by atoms with E-state index in [1.165, 1.54) is 167 Å². The molecule has 0 radical (unpaired) electrons. The Morgan fingerprint density at radius 3 is 0.898 bits per heavy atom. The minimum Gasteiger partial charge on any atom is -0.462 e. The van der Waals surface area contributed by atoms with E-state index in [0.717, 1.165) is 70.6 Å². The fourth-order valence-electron chi connectivity index (χ4n) is 7.48. The third-order valence-electron chi connectivity index (χ3n) is 11.4. The molecule has 0 rings (SSSR count). The average Bonchev–Trinajstić information content (AvgIpc) is 3.23. The number of hydrogen-bond donors (Lipinski definition) is 0. The lowest BCUT2D eigenvalue weighted by Gasteiger charge is -2.18. The van der Waals surface area contributed by atoms with E-state index in [2.05, 4.69) is 45.1 Å². The van der Waals surface area contributed by atoms with Crippen LogP contribution in [0, 0.1) is 0 Å². The molecule has 0 aliphatic rings. The first-order valence-corrected chi connectivity index (χ1v) is 25.8. The molecule has 0 aromatic rings. The smallest absolute Gasteiger partial charge is 0.306 e. The highest BCUT2D eigenvalue weighted by atomic mass is 16.6. The van der Waals surface area contributed by atoms with Gasteiger partial charge in [0.25, 0.3) is 0 Å². The summed E-state index contributed by atoms with van der Waals surface area (Å²) < 4.78 is 16.8. The molecule has 0 fully saturated rings. The van der Waals surface area contributed by atoms with Gasteiger partial charge in [0, 0.05) is 19.3 Å². The normalized spacial score (nSPS) is 12.1. The van der Waals surface area contributed by atoms with Crippen LogP contribution in [0.2, 0.25) is 0 Å². The highest BCUT2D eigenvalue weighted by Crippen LogP contribution is 2.16. The van der Waals surface area contributed by atoms with E-state index >= 15 is 0 Å². The van der Waals surface area contributed by atoms with Crippen LogP contribution in [0.4, 0.5) is 0 Å². The van der Waals surface area contributed by atoms with Crippen LogP contribution in [0.5, 0.6) is 0 Å². The van der Waals surface area contributed by atoms with Gasteiger partial charge in [0.1, 0.15) is 13.2 Å². The molecule has 0 bridgehead atoms. The number of allylic oxidation sites excluding steroid dienone is 4. The summed E-state index contributed by atoms with van der Waals surface area (Å²) >= 11 is 0. The second kappa shape index (κ2) is 48.6. The van der Waals surface area contributed by atoms with Crippen LogP contribution in [-0.2, 0) is 28.6 Å². The molecule has 6 nitrogen and oxygen atoms in total. The Balaban J connectivity index is 4.33. The monoisotopic (exact) mass is 831 g/mol. The van der Waals surface area contributed by atoms with E-state index in [0.29, 0.717) is 19.3 Å². The minimum atomic E-state index is -0.773. The lowest BCUT2D eigenvalue weighted by atomic mass is 10.0. The van der Waals surface area contributed by atoms with Crippen molar-refractivity contribution in [3.8, 4) is 0 Å². The maximum absolute atomic E-state index is 12.8. The summed E-state index contributed by atoms with van der Waals surface area (Å²) in [5.74, 6) is -0.880. The molecule has 346 valence electrons. The Kier molecular flexibility index (Phi) is 46.8. The Morgan fingerprint density at radius 2 is 0.576 bits per heavy atom. The van der Waals surface area contributed by atoms with Gasteiger partial charge in [0.15, 0.2) is 6.10 Å². The van der Waals surface area contributed by atoms with Crippen molar-refractivity contribution in [2.45, 2.75) is 284 Å². The maximum atomic E-state index is 12.8. The minimum absolute atomic E-state index is 0.0736. The molecule has 0 amide bonds. The molecular weight excluding hydrogens is 733 g/mol. The summed E-state index contributed by atoms with van der Waals surface area (Å²) in [6.07, 6.45) is 54.4. The van der Waals surface area contributed by atoms with Crippen LogP contribution in [0.1, 0.15) is 278 Å². The van der Waals surface area contributed by atoms with Crippen molar-refractivity contribution in [1.82, 2.24) is 0 Å². The third kappa shape index (κ3) is 46.8. The number of carbonyl (C=O) groups is 3. The number of esters is 3. The van der Waals surface area contributed by atoms with E-state index in [1.54, 1.807) is 0 Å². The molecule has 0 saturated heterocycles. The first kappa shape index (κ1) is 56.9. The van der Waals surface area contributed by atoms with E-state index in [4.69, 9.17) is 14.2 Å². The molecule has 6 heteroatoms. The van der Waals surface area contributed by atoms with Crippen molar-refractivity contribution in [1.29, 1.82) is 0 Å². The van der Waals surface area contributed by atoms with Gasteiger partial charge in [-0.1, -0.05) is 218 Å². The molecule has 0 saturated carbocycles. The Labute approximate surface area is 366 Å². The predicted octanol–water partition coefficient (Wildman–Crippen LogP) is 16.8. The summed E-state index contributed by atoms with van der Waals surface area (Å²) in [6.45, 7) is 6.60. The second-order valence-corrected chi connectivity index (χ2v) is 17.4. The summed E-state index contributed by atoms with van der Waals surface area (Å²) in [7, 11) is 0. The molecule has 0 heterocycles. The van der Waals surface area contributed by atoms with Crippen LogP contribution >= 0.6 is 0 Å². The molecule has 1 atom stereocenters. The SMILES string of the molecule is CCCC/C=C\CCCCCCCC(=O)OC[C@H](COC(=O)CCCCCCCCCCCCCCCCCC)OC(=O)CCCCCCC/C=C\CCCCCCC. The topological polar surface area (TPSA) is 78.9 Å². The number of carbonyl (C=O) groups excluding carboxylic acids is 3. The molecule has 0 aromatic carbocycles. The van der Waals surface area contributed by atoms with Crippen LogP contribution < -0.4 is 0 Å². The summed E-state index contributed by atoms with van der Waals surface area (Å²) in [6, 6.07) is 0. The number of hydrogen-bond acceptors (Lipinski definition) is 6. The quantitative estimate of drug-likeness (QED) is 0.0263. The fourth-order valence-corrected chi connectivity index (χ4v) is 7.48. The largest absolute Gasteiger partial charge is 0.462 e. The van der Waals surface area contributed by atoms with Crippen LogP contribution in [0.15, 0.2) is 24.3 Å². The van der Waals surface area contributed by atoms with Crippen LogP contribution in [-0.4, -0.2) is 37.2 Å². The first-order chi connectivity index (χ1) is 29.0. The van der Waals surface area contributed by atoms with Gasteiger partial charge in [0.05, 0.1) is 0 Å². The molecule has 0 aliphatic heterocycles. The Morgan fingerprint density at radius 1 is 0.322 bits per heavy atom. The average molecular weight is 831 g/mol. The molecule has 0 N–H and O–H groups in total. The van der Waals surface area contributed by atoms with E-state index in [1.807, 2.05) is 0 Å². The fraction of sp³-hybridized carbons (Fsp3) is 0.868. The van der Waals surface area contributed by atoms with Gasteiger partial charge in [-0.3, -0.25) is 14.4 Å². The van der Waals surface area contributed by atoms with Gasteiger partial charge >= 0.3 is 17.9 Å². The van der Waals surface area contributed by atoms with Crippen LogP contribution in [0.3, 0.4) is 0 Å². The van der Waals surface area contributed by atoms with Gasteiger partial charge in [-0.25, -0.2) is 0 Å². The summed E-state index contributed by atoms with van der Waals surface area (Å²) in [5, 5.41) is 0. The molecule has 0 aliphatic carbocycles. The predicted molar refractivity (Wildman–Crippen MR) is 252 cm³/mol. The number of unbranched alkanes of at least 4 members (excludes halogenated alkanes) is 32. The molecule has 0 unspecified atom stereocenters. The summed E-state index contributed by atoms with van der Waals surface area (Å²) in [5.41, 5.74) is 0. The first-order valence-electron chi connectivity index (χ1n) is 25.8. The zero-order valence-electron chi connectivity index (χ0n) is 39.5. The van der Waals surface area contributed by atoms with Crippen molar-refractivity contribution in [3.05, 3.63) is 24.3 Å². The van der Waals surface area contributed by atoms with Gasteiger partial charge < -0.3 is 14.2 Å². The highest BCUT2D eigenvalue weighted by Gasteiger charge is 2.19. The lowest BCUT2D eigenvalue weighted by Crippen LogP contribution is -2.30. The van der Waals surface area contributed by atoms with E-state index in [9.17, 15) is 14.4 Å². The molecule has 0 aromatic heterocycles. The molecular formula is C53H98O6. The van der Waals surface area contributed by atoms with Crippen molar-refractivity contribution in [3.63, 3.8) is 0 Å². The van der Waals surface area contributed by atoms with Crippen molar-refractivity contribution in [2.24, 2.45) is 0 Å². The maximum Gasteiger partial charge on any atom is 0.306 e. The van der Waals surface area contributed by atoms with Gasteiger partial charge in [-0.15, -0.1) is 0 Å². The highest BCUT2D eigenvalue weighted by molar-refractivity contribution is 5.71. The summed E-state index contributed by atoms with van der Waals surface area (Å²) in [4.78, 5) is 37.9. The van der Waals surface area contributed by atoms with Crippen LogP contribution in [0.25, 0.3) is 0 Å².